The Morgan fingerprint density at radius 1 is 1.15 bits per heavy atom. The Bertz CT molecular complexity index is 538. The molecule has 1 aliphatic rings. The van der Waals surface area contributed by atoms with E-state index in [1.165, 1.54) is 13.8 Å². The van der Waals surface area contributed by atoms with Crippen LogP contribution in [0.5, 0.6) is 0 Å². The van der Waals surface area contributed by atoms with Gasteiger partial charge in [0.05, 0.1) is 6.04 Å². The van der Waals surface area contributed by atoms with Crippen LogP contribution in [-0.4, -0.2) is 18.0 Å². The van der Waals surface area contributed by atoms with Gasteiger partial charge in [-0.25, -0.2) is 0 Å². The summed E-state index contributed by atoms with van der Waals surface area (Å²) in [5.74, 6) is -0.796. The molecule has 2 atom stereocenters. The topological polar surface area (TPSA) is 64.6 Å². The van der Waals surface area contributed by atoms with Crippen molar-refractivity contribution in [2.75, 3.05) is 0 Å². The van der Waals surface area contributed by atoms with Crippen molar-refractivity contribution in [3.8, 4) is 0 Å². The van der Waals surface area contributed by atoms with E-state index in [1.807, 2.05) is 38.1 Å². The summed E-state index contributed by atoms with van der Waals surface area (Å²) in [6.07, 6.45) is -0.474. The Labute approximate surface area is 118 Å². The van der Waals surface area contributed by atoms with E-state index in [9.17, 15) is 9.59 Å². The molecule has 2 rings (SSSR count). The maximum absolute atomic E-state index is 11.3. The van der Waals surface area contributed by atoms with Gasteiger partial charge in [-0.15, -0.1) is 5.48 Å². The Morgan fingerprint density at radius 3 is 2.40 bits per heavy atom. The van der Waals surface area contributed by atoms with Gasteiger partial charge >= 0.3 is 11.9 Å². The zero-order chi connectivity index (χ0) is 14.9. The van der Waals surface area contributed by atoms with Crippen LogP contribution in [0.15, 0.2) is 24.3 Å². The van der Waals surface area contributed by atoms with Crippen LogP contribution in [-0.2, 0) is 24.6 Å². The Hall–Kier alpha value is -1.88. The van der Waals surface area contributed by atoms with Crippen molar-refractivity contribution < 1.29 is 19.2 Å². The van der Waals surface area contributed by atoms with E-state index >= 15 is 0 Å². The maximum Gasteiger partial charge on any atom is 0.321 e. The lowest BCUT2D eigenvalue weighted by molar-refractivity contribution is -0.159. The summed E-state index contributed by atoms with van der Waals surface area (Å²) >= 11 is 0. The van der Waals surface area contributed by atoms with Gasteiger partial charge in [-0.3, -0.25) is 9.59 Å². The van der Waals surface area contributed by atoms with Gasteiger partial charge in [0.1, 0.15) is 6.10 Å². The van der Waals surface area contributed by atoms with Crippen LogP contribution >= 0.6 is 0 Å². The molecular weight excluding hydrogens is 258 g/mol. The molecule has 108 valence electrons. The lowest BCUT2D eigenvalue weighted by atomic mass is 9.83. The van der Waals surface area contributed by atoms with Crippen LogP contribution in [0.4, 0.5) is 0 Å². The number of nitrogens with one attached hydrogen (secondary N) is 1. The van der Waals surface area contributed by atoms with Gasteiger partial charge in [0.15, 0.2) is 0 Å². The van der Waals surface area contributed by atoms with Crippen LogP contribution in [0.25, 0.3) is 0 Å². The van der Waals surface area contributed by atoms with E-state index in [-0.39, 0.29) is 17.4 Å². The molecule has 0 radical (unpaired) electrons. The highest BCUT2D eigenvalue weighted by Crippen LogP contribution is 2.46. The zero-order valence-corrected chi connectivity index (χ0v) is 12.1. The summed E-state index contributed by atoms with van der Waals surface area (Å²) in [6.45, 7) is 6.74. The molecule has 1 aromatic carbocycles. The maximum atomic E-state index is 11.3. The lowest BCUT2D eigenvalue weighted by Crippen LogP contribution is -2.45. The molecule has 0 heterocycles. The number of fused-ring (bicyclic) bond motifs is 1. The number of carbonyl (C=O) groups excluding carboxylic acids is 2. The minimum Gasteiger partial charge on any atom is -0.456 e. The SMILES string of the molecule is CC(=O)ON[C@@H]1[C@H](OC(C)=O)c2ccccc2C1(C)C. The Balaban J connectivity index is 2.38. The van der Waals surface area contributed by atoms with Crippen LogP contribution in [0.1, 0.15) is 44.9 Å². The van der Waals surface area contributed by atoms with Crippen molar-refractivity contribution in [2.45, 2.75) is 45.3 Å². The van der Waals surface area contributed by atoms with Gasteiger partial charge in [-0.1, -0.05) is 38.1 Å². The molecular formula is C15H19NO4. The molecule has 0 saturated heterocycles. The lowest BCUT2D eigenvalue weighted by Gasteiger charge is -2.30. The number of hydroxylamine groups is 1. The number of carbonyl (C=O) groups is 2. The zero-order valence-electron chi connectivity index (χ0n) is 12.1. The van der Waals surface area contributed by atoms with E-state index < -0.39 is 12.1 Å². The quantitative estimate of drug-likeness (QED) is 0.676. The average molecular weight is 277 g/mol. The molecule has 0 aliphatic heterocycles. The number of ether oxygens (including phenoxy) is 1. The summed E-state index contributed by atoms with van der Waals surface area (Å²) in [5.41, 5.74) is 4.44. The monoisotopic (exact) mass is 277 g/mol. The molecule has 0 saturated carbocycles. The third-order valence-corrected chi connectivity index (χ3v) is 3.66. The predicted molar refractivity (Wildman–Crippen MR) is 72.7 cm³/mol. The highest BCUT2D eigenvalue weighted by molar-refractivity contribution is 5.67. The van der Waals surface area contributed by atoms with Crippen LogP contribution in [0, 0.1) is 0 Å². The van der Waals surface area contributed by atoms with Crippen molar-refractivity contribution in [3.05, 3.63) is 35.4 Å². The van der Waals surface area contributed by atoms with E-state index in [4.69, 9.17) is 9.57 Å². The number of hydrogen-bond donors (Lipinski definition) is 1. The van der Waals surface area contributed by atoms with Gasteiger partial charge in [-0.05, 0) is 11.1 Å². The van der Waals surface area contributed by atoms with E-state index in [0.29, 0.717) is 0 Å². The van der Waals surface area contributed by atoms with Crippen LogP contribution in [0.2, 0.25) is 0 Å². The first-order valence-corrected chi connectivity index (χ1v) is 6.53. The van der Waals surface area contributed by atoms with Crippen molar-refractivity contribution in [2.24, 2.45) is 0 Å². The highest BCUT2D eigenvalue weighted by atomic mass is 16.7. The summed E-state index contributed by atoms with van der Waals surface area (Å²) in [6, 6.07) is 7.45. The van der Waals surface area contributed by atoms with Crippen molar-refractivity contribution >= 4 is 11.9 Å². The second kappa shape index (κ2) is 5.25. The molecule has 1 N–H and O–H groups in total. The molecule has 0 spiro atoms. The van der Waals surface area contributed by atoms with E-state index in [1.54, 1.807) is 0 Å². The fourth-order valence-corrected chi connectivity index (χ4v) is 2.72. The minimum atomic E-state index is -0.474. The molecule has 0 unspecified atom stereocenters. The van der Waals surface area contributed by atoms with Gasteiger partial charge < -0.3 is 9.57 Å². The smallest absolute Gasteiger partial charge is 0.321 e. The van der Waals surface area contributed by atoms with Gasteiger partial charge in [-0.2, -0.15) is 0 Å². The van der Waals surface area contributed by atoms with E-state index in [0.717, 1.165) is 11.1 Å². The molecule has 0 fully saturated rings. The summed E-state index contributed by atoms with van der Waals surface area (Å²) < 4.78 is 5.43. The van der Waals surface area contributed by atoms with Crippen LogP contribution in [0.3, 0.4) is 0 Å². The first-order chi connectivity index (χ1) is 9.34. The first-order valence-electron chi connectivity index (χ1n) is 6.53. The van der Waals surface area contributed by atoms with Gasteiger partial charge in [0, 0.05) is 19.3 Å². The normalized spacial score (nSPS) is 23.0. The highest BCUT2D eigenvalue weighted by Gasteiger charge is 2.48. The molecule has 1 aliphatic carbocycles. The Morgan fingerprint density at radius 2 is 1.80 bits per heavy atom. The van der Waals surface area contributed by atoms with E-state index in [2.05, 4.69) is 5.48 Å². The predicted octanol–water partition coefficient (Wildman–Crippen LogP) is 2.02. The standard InChI is InChI=1S/C15H19NO4/c1-9(17)19-13-11-7-5-6-8-12(11)15(3,4)14(13)16-20-10(2)18/h5-8,13-14,16H,1-4H3/t13-,14-/m1/s1. The Kier molecular flexibility index (Phi) is 3.81. The number of hydrogen-bond acceptors (Lipinski definition) is 5. The molecule has 0 amide bonds. The van der Waals surface area contributed by atoms with Gasteiger partial charge in [0.25, 0.3) is 0 Å². The summed E-state index contributed by atoms with van der Waals surface area (Å²) in [4.78, 5) is 27.3. The second-order valence-corrected chi connectivity index (χ2v) is 5.53. The third-order valence-electron chi connectivity index (χ3n) is 3.66. The summed E-state index contributed by atoms with van der Waals surface area (Å²) in [7, 11) is 0. The molecule has 5 heteroatoms. The molecule has 1 aromatic rings. The van der Waals surface area contributed by atoms with Crippen molar-refractivity contribution in [3.63, 3.8) is 0 Å². The minimum absolute atomic E-state index is 0.326. The van der Waals surface area contributed by atoms with Crippen molar-refractivity contribution in [1.29, 1.82) is 0 Å². The summed E-state index contributed by atoms with van der Waals surface area (Å²) in [5, 5.41) is 0. The molecule has 20 heavy (non-hydrogen) atoms. The first kappa shape index (κ1) is 14.5. The van der Waals surface area contributed by atoms with Crippen molar-refractivity contribution in [1.82, 2.24) is 5.48 Å². The molecule has 5 nitrogen and oxygen atoms in total. The fourth-order valence-electron chi connectivity index (χ4n) is 2.72. The number of benzene rings is 1. The number of esters is 1. The third kappa shape index (κ3) is 2.54. The van der Waals surface area contributed by atoms with Crippen LogP contribution < -0.4 is 5.48 Å². The number of rotatable bonds is 3. The second-order valence-electron chi connectivity index (χ2n) is 5.53. The molecule has 0 bridgehead atoms. The fraction of sp³-hybridized carbons (Fsp3) is 0.467. The average Bonchev–Trinajstić information content (AvgIpc) is 2.56. The molecule has 0 aromatic heterocycles. The van der Waals surface area contributed by atoms with Gasteiger partial charge in [0.2, 0.25) is 0 Å². The largest absolute Gasteiger partial charge is 0.456 e.